The Morgan fingerprint density at radius 3 is 2.56 bits per heavy atom. The molecule has 0 spiro atoms. The molecule has 1 fully saturated rings. The van der Waals surface area contributed by atoms with E-state index in [0.29, 0.717) is 12.2 Å². The van der Waals surface area contributed by atoms with Crippen molar-refractivity contribution in [2.75, 3.05) is 5.75 Å². The first-order chi connectivity index (χ1) is 4.13. The van der Waals surface area contributed by atoms with Gasteiger partial charge in [0.2, 0.25) is 0 Å². The standard InChI is InChI=1S/C4H8O4S/c5-3-1-2-9-8-4(3,6)7/h3,5-7H,1-2H2. The highest BCUT2D eigenvalue weighted by atomic mass is 32.2. The van der Waals surface area contributed by atoms with Gasteiger partial charge >= 0.3 is 5.97 Å². The minimum atomic E-state index is -2.34. The van der Waals surface area contributed by atoms with E-state index in [4.69, 9.17) is 15.3 Å². The monoisotopic (exact) mass is 152 g/mol. The van der Waals surface area contributed by atoms with Crippen LogP contribution in [0.25, 0.3) is 0 Å². The number of rotatable bonds is 0. The SMILES string of the molecule is OC1CCSOC1(O)O. The van der Waals surface area contributed by atoms with Gasteiger partial charge in [0, 0.05) is 5.75 Å². The normalized spacial score (nSPS) is 34.3. The van der Waals surface area contributed by atoms with E-state index in [1.807, 2.05) is 0 Å². The number of aliphatic hydroxyl groups is 3. The average Bonchev–Trinajstić information content (AvgIpc) is 1.77. The van der Waals surface area contributed by atoms with Gasteiger partial charge in [0.05, 0.1) is 0 Å². The van der Waals surface area contributed by atoms with E-state index in [0.717, 1.165) is 12.0 Å². The van der Waals surface area contributed by atoms with Crippen LogP contribution in [0.5, 0.6) is 0 Å². The molecule has 1 saturated heterocycles. The summed E-state index contributed by atoms with van der Waals surface area (Å²) >= 11 is 0.946. The van der Waals surface area contributed by atoms with E-state index in [2.05, 4.69) is 4.18 Å². The van der Waals surface area contributed by atoms with Gasteiger partial charge in [-0.25, -0.2) is 0 Å². The third-order valence-electron chi connectivity index (χ3n) is 1.09. The maximum Gasteiger partial charge on any atom is 0.316 e. The third kappa shape index (κ3) is 1.56. The zero-order valence-corrected chi connectivity index (χ0v) is 5.47. The van der Waals surface area contributed by atoms with Gasteiger partial charge in [-0.3, -0.25) is 4.18 Å². The number of aliphatic hydroxyl groups excluding tert-OH is 1. The molecule has 0 aromatic carbocycles. The molecule has 0 saturated carbocycles. The van der Waals surface area contributed by atoms with Crippen molar-refractivity contribution in [2.45, 2.75) is 18.5 Å². The summed E-state index contributed by atoms with van der Waals surface area (Å²) in [4.78, 5) is 0. The predicted molar refractivity (Wildman–Crippen MR) is 31.3 cm³/mol. The zero-order chi connectivity index (χ0) is 6.91. The molecule has 0 amide bonds. The van der Waals surface area contributed by atoms with Crippen molar-refractivity contribution >= 4 is 12.0 Å². The maximum atomic E-state index is 8.80. The maximum absolute atomic E-state index is 8.80. The van der Waals surface area contributed by atoms with Crippen molar-refractivity contribution in [1.82, 2.24) is 0 Å². The summed E-state index contributed by atoms with van der Waals surface area (Å²) in [7, 11) is 0. The fraction of sp³-hybridized carbons (Fsp3) is 1.00. The van der Waals surface area contributed by atoms with Crippen LogP contribution >= 0.6 is 12.0 Å². The van der Waals surface area contributed by atoms with E-state index in [9.17, 15) is 0 Å². The third-order valence-corrected chi connectivity index (χ3v) is 1.86. The molecule has 0 bridgehead atoms. The van der Waals surface area contributed by atoms with Gasteiger partial charge in [-0.1, -0.05) is 0 Å². The first-order valence-corrected chi connectivity index (χ1v) is 3.47. The molecule has 4 nitrogen and oxygen atoms in total. The summed E-state index contributed by atoms with van der Waals surface area (Å²) in [5.41, 5.74) is 0. The second kappa shape index (κ2) is 2.43. The van der Waals surface area contributed by atoms with Crippen molar-refractivity contribution in [1.29, 1.82) is 0 Å². The molecule has 1 rings (SSSR count). The van der Waals surface area contributed by atoms with Crippen LogP contribution in [0.3, 0.4) is 0 Å². The van der Waals surface area contributed by atoms with E-state index >= 15 is 0 Å². The first-order valence-electron chi connectivity index (χ1n) is 2.56. The van der Waals surface area contributed by atoms with E-state index in [-0.39, 0.29) is 0 Å². The van der Waals surface area contributed by atoms with Gasteiger partial charge in [-0.05, 0) is 18.5 Å². The lowest BCUT2D eigenvalue weighted by Gasteiger charge is -2.29. The molecular weight excluding hydrogens is 144 g/mol. The van der Waals surface area contributed by atoms with Crippen LogP contribution in [-0.4, -0.2) is 33.1 Å². The molecule has 0 aromatic heterocycles. The quantitative estimate of drug-likeness (QED) is 0.308. The van der Waals surface area contributed by atoms with Crippen molar-refractivity contribution in [3.05, 3.63) is 0 Å². The molecule has 1 atom stereocenters. The topological polar surface area (TPSA) is 69.9 Å². The lowest BCUT2D eigenvalue weighted by atomic mass is 10.2. The van der Waals surface area contributed by atoms with E-state index in [1.54, 1.807) is 0 Å². The van der Waals surface area contributed by atoms with Gasteiger partial charge < -0.3 is 15.3 Å². The van der Waals surface area contributed by atoms with E-state index in [1.165, 1.54) is 0 Å². The van der Waals surface area contributed by atoms with Gasteiger partial charge in [-0.15, -0.1) is 0 Å². The summed E-state index contributed by atoms with van der Waals surface area (Å²) in [6, 6.07) is 0. The van der Waals surface area contributed by atoms with Crippen LogP contribution in [0, 0.1) is 0 Å². The highest BCUT2D eigenvalue weighted by Gasteiger charge is 2.38. The summed E-state index contributed by atoms with van der Waals surface area (Å²) in [5, 5.41) is 26.2. The van der Waals surface area contributed by atoms with Crippen LogP contribution in [0.2, 0.25) is 0 Å². The summed E-state index contributed by atoms with van der Waals surface area (Å²) in [6.45, 7) is 0. The lowest BCUT2D eigenvalue weighted by molar-refractivity contribution is -0.335. The average molecular weight is 152 g/mol. The fourth-order valence-electron chi connectivity index (χ4n) is 0.532. The van der Waals surface area contributed by atoms with Gasteiger partial charge in [-0.2, -0.15) is 0 Å². The van der Waals surface area contributed by atoms with Crippen LogP contribution in [0.4, 0.5) is 0 Å². The van der Waals surface area contributed by atoms with Crippen molar-refractivity contribution in [3.8, 4) is 0 Å². The number of hydrogen-bond acceptors (Lipinski definition) is 5. The Morgan fingerprint density at radius 2 is 2.22 bits per heavy atom. The Labute approximate surface area is 56.7 Å². The molecule has 0 aliphatic carbocycles. The van der Waals surface area contributed by atoms with Crippen molar-refractivity contribution in [2.24, 2.45) is 0 Å². The highest BCUT2D eigenvalue weighted by molar-refractivity contribution is 7.94. The van der Waals surface area contributed by atoms with Crippen molar-refractivity contribution < 1.29 is 19.5 Å². The molecule has 1 unspecified atom stereocenters. The predicted octanol–water partition coefficient (Wildman–Crippen LogP) is -0.946. The highest BCUT2D eigenvalue weighted by Crippen LogP contribution is 2.26. The largest absolute Gasteiger partial charge is 0.385 e. The molecule has 3 N–H and O–H groups in total. The summed E-state index contributed by atoms with van der Waals surface area (Å²) in [5.74, 6) is -1.76. The van der Waals surface area contributed by atoms with Crippen LogP contribution in [0.15, 0.2) is 0 Å². The Morgan fingerprint density at radius 1 is 1.56 bits per heavy atom. The summed E-state index contributed by atoms with van der Waals surface area (Å²) < 4.78 is 4.36. The second-order valence-corrected chi connectivity index (χ2v) is 2.68. The molecule has 9 heavy (non-hydrogen) atoms. The Hall–Kier alpha value is 0.190. The van der Waals surface area contributed by atoms with Crippen molar-refractivity contribution in [3.63, 3.8) is 0 Å². The minimum absolute atomic E-state index is 0.345. The fourth-order valence-corrected chi connectivity index (χ4v) is 1.22. The van der Waals surface area contributed by atoms with E-state index < -0.39 is 12.1 Å². The van der Waals surface area contributed by atoms with Crippen LogP contribution in [-0.2, 0) is 4.18 Å². The molecule has 1 heterocycles. The zero-order valence-electron chi connectivity index (χ0n) is 4.65. The minimum Gasteiger partial charge on any atom is -0.385 e. The molecule has 54 valence electrons. The van der Waals surface area contributed by atoms with Gasteiger partial charge in [0.15, 0.2) is 0 Å². The molecule has 5 heteroatoms. The number of hydrogen-bond donors (Lipinski definition) is 3. The Balaban J connectivity index is 2.49. The lowest BCUT2D eigenvalue weighted by Crippen LogP contribution is -2.45. The smallest absolute Gasteiger partial charge is 0.316 e. The van der Waals surface area contributed by atoms with Crippen LogP contribution in [0.1, 0.15) is 6.42 Å². The summed E-state index contributed by atoms with van der Waals surface area (Å²) in [6.07, 6.45) is -0.837. The molecular formula is C4H8O4S. The molecule has 1 aliphatic heterocycles. The molecule has 1 aliphatic rings. The first kappa shape index (κ1) is 7.30. The second-order valence-electron chi connectivity index (χ2n) is 1.87. The van der Waals surface area contributed by atoms with Crippen LogP contribution < -0.4 is 0 Å². The Kier molecular flexibility index (Phi) is 1.97. The molecule has 0 aromatic rings. The van der Waals surface area contributed by atoms with Gasteiger partial charge in [0.25, 0.3) is 0 Å². The molecule has 0 radical (unpaired) electrons. The Bertz CT molecular complexity index is 105. The van der Waals surface area contributed by atoms with Gasteiger partial charge in [0.1, 0.15) is 6.10 Å².